The van der Waals surface area contributed by atoms with Gasteiger partial charge in [0.1, 0.15) is 5.52 Å². The van der Waals surface area contributed by atoms with Gasteiger partial charge in [-0.05, 0) is 55.7 Å². The van der Waals surface area contributed by atoms with Crippen molar-refractivity contribution in [2.75, 3.05) is 0 Å². The van der Waals surface area contributed by atoms with Crippen LogP contribution >= 0.6 is 11.8 Å². The molecule has 0 fully saturated rings. The predicted octanol–water partition coefficient (Wildman–Crippen LogP) is 5.61. The molecule has 32 heavy (non-hydrogen) atoms. The van der Waals surface area contributed by atoms with E-state index in [1.54, 1.807) is 18.0 Å². The SMILES string of the molecule is CC[C@H](C)NC(=O)c1ccc(Cn2c(SCc3cccc(C)c3)nc3cccnc32)cc1. The first-order chi connectivity index (χ1) is 15.5. The third kappa shape index (κ3) is 5.19. The van der Waals surface area contributed by atoms with Gasteiger partial charge in [-0.3, -0.25) is 9.36 Å². The Hall–Kier alpha value is -3.12. The summed E-state index contributed by atoms with van der Waals surface area (Å²) in [5, 5.41) is 3.96. The van der Waals surface area contributed by atoms with Crippen LogP contribution in [0.5, 0.6) is 0 Å². The summed E-state index contributed by atoms with van der Waals surface area (Å²) in [5.74, 6) is 0.815. The number of hydrogen-bond acceptors (Lipinski definition) is 4. The summed E-state index contributed by atoms with van der Waals surface area (Å²) in [6.45, 7) is 6.84. The maximum absolute atomic E-state index is 12.4. The van der Waals surface area contributed by atoms with Crippen molar-refractivity contribution >= 4 is 28.8 Å². The van der Waals surface area contributed by atoms with Crippen molar-refractivity contribution in [1.29, 1.82) is 0 Å². The lowest BCUT2D eigenvalue weighted by molar-refractivity contribution is 0.0939. The highest BCUT2D eigenvalue weighted by atomic mass is 32.2. The average molecular weight is 445 g/mol. The molecule has 1 amide bonds. The van der Waals surface area contributed by atoms with Crippen molar-refractivity contribution in [3.63, 3.8) is 0 Å². The molecule has 5 nitrogen and oxygen atoms in total. The highest BCUT2D eigenvalue weighted by Crippen LogP contribution is 2.27. The van der Waals surface area contributed by atoms with E-state index in [-0.39, 0.29) is 11.9 Å². The van der Waals surface area contributed by atoms with Gasteiger partial charge >= 0.3 is 0 Å². The van der Waals surface area contributed by atoms with Gasteiger partial charge in [0.15, 0.2) is 10.8 Å². The summed E-state index contributed by atoms with van der Waals surface area (Å²) >= 11 is 1.72. The first-order valence-electron chi connectivity index (χ1n) is 10.9. The molecule has 2 aromatic carbocycles. The van der Waals surface area contributed by atoms with Crippen LogP contribution in [0.4, 0.5) is 0 Å². The number of rotatable bonds is 8. The molecule has 0 unspecified atom stereocenters. The molecule has 6 heteroatoms. The van der Waals surface area contributed by atoms with Crippen molar-refractivity contribution in [1.82, 2.24) is 19.9 Å². The van der Waals surface area contributed by atoms with Gasteiger partial charge in [-0.2, -0.15) is 0 Å². The molecular formula is C26H28N4OS. The van der Waals surface area contributed by atoms with Gasteiger partial charge in [0.25, 0.3) is 5.91 Å². The number of carbonyl (C=O) groups is 1. The number of amides is 1. The zero-order valence-electron chi connectivity index (χ0n) is 18.7. The zero-order chi connectivity index (χ0) is 22.5. The minimum absolute atomic E-state index is 0.0324. The molecule has 0 radical (unpaired) electrons. The first-order valence-corrected chi connectivity index (χ1v) is 11.9. The van der Waals surface area contributed by atoms with Crippen LogP contribution in [0.25, 0.3) is 11.2 Å². The summed E-state index contributed by atoms with van der Waals surface area (Å²) < 4.78 is 2.16. The number of fused-ring (bicyclic) bond motifs is 1. The van der Waals surface area contributed by atoms with Crippen molar-refractivity contribution in [2.45, 2.75) is 50.7 Å². The Kier molecular flexibility index (Phi) is 6.90. The van der Waals surface area contributed by atoms with Crippen molar-refractivity contribution in [2.24, 2.45) is 0 Å². The molecular weight excluding hydrogens is 416 g/mol. The Morgan fingerprint density at radius 2 is 1.91 bits per heavy atom. The summed E-state index contributed by atoms with van der Waals surface area (Å²) in [5.41, 5.74) is 6.08. The van der Waals surface area contributed by atoms with E-state index in [0.717, 1.165) is 34.1 Å². The zero-order valence-corrected chi connectivity index (χ0v) is 19.5. The van der Waals surface area contributed by atoms with E-state index in [4.69, 9.17) is 4.98 Å². The van der Waals surface area contributed by atoms with Crippen molar-refractivity contribution in [3.8, 4) is 0 Å². The summed E-state index contributed by atoms with van der Waals surface area (Å²) in [7, 11) is 0. The van der Waals surface area contributed by atoms with Crippen LogP contribution in [0.2, 0.25) is 0 Å². The molecule has 2 aromatic heterocycles. The van der Waals surface area contributed by atoms with Crippen LogP contribution in [-0.4, -0.2) is 26.5 Å². The molecule has 4 aromatic rings. The number of nitrogens with one attached hydrogen (secondary N) is 1. The van der Waals surface area contributed by atoms with Crippen molar-refractivity contribution in [3.05, 3.63) is 89.1 Å². The molecule has 1 atom stereocenters. The highest BCUT2D eigenvalue weighted by Gasteiger charge is 2.14. The van der Waals surface area contributed by atoms with Gasteiger partial charge in [0, 0.05) is 23.6 Å². The minimum atomic E-state index is -0.0324. The second-order valence-electron chi connectivity index (χ2n) is 8.08. The van der Waals surface area contributed by atoms with E-state index < -0.39 is 0 Å². The van der Waals surface area contributed by atoms with E-state index in [1.807, 2.05) is 43.3 Å². The number of pyridine rings is 1. The number of carbonyl (C=O) groups excluding carboxylic acids is 1. The predicted molar refractivity (Wildman–Crippen MR) is 131 cm³/mol. The molecule has 0 aliphatic carbocycles. The van der Waals surface area contributed by atoms with Gasteiger partial charge in [-0.15, -0.1) is 0 Å². The van der Waals surface area contributed by atoms with Gasteiger partial charge in [0.05, 0.1) is 6.54 Å². The summed E-state index contributed by atoms with van der Waals surface area (Å²) in [6, 6.07) is 20.4. The number of hydrogen-bond donors (Lipinski definition) is 1. The maximum Gasteiger partial charge on any atom is 0.251 e. The Morgan fingerprint density at radius 3 is 2.66 bits per heavy atom. The van der Waals surface area contributed by atoms with E-state index >= 15 is 0 Å². The van der Waals surface area contributed by atoms with Gasteiger partial charge < -0.3 is 5.32 Å². The van der Waals surface area contributed by atoms with E-state index in [2.05, 4.69) is 53.0 Å². The minimum Gasteiger partial charge on any atom is -0.350 e. The Balaban J connectivity index is 1.55. The van der Waals surface area contributed by atoms with E-state index in [0.29, 0.717) is 12.1 Å². The van der Waals surface area contributed by atoms with E-state index in [9.17, 15) is 4.79 Å². The number of benzene rings is 2. The molecule has 164 valence electrons. The standard InChI is InChI=1S/C26H28N4OS/c1-4-19(3)28-25(31)22-12-10-20(11-13-22)16-30-24-23(9-6-14-27-24)29-26(30)32-17-21-8-5-7-18(2)15-21/h5-15,19H,4,16-17H2,1-3H3,(H,28,31)/t19-/m0/s1. The topological polar surface area (TPSA) is 59.8 Å². The fourth-order valence-electron chi connectivity index (χ4n) is 3.49. The molecule has 2 heterocycles. The molecule has 1 N–H and O–H groups in total. The van der Waals surface area contributed by atoms with Gasteiger partial charge in [-0.25, -0.2) is 9.97 Å². The van der Waals surface area contributed by atoms with Gasteiger partial charge in [0.2, 0.25) is 0 Å². The number of nitrogens with zero attached hydrogens (tertiary/aromatic N) is 3. The molecule has 0 bridgehead atoms. The van der Waals surface area contributed by atoms with Crippen LogP contribution in [0.1, 0.15) is 47.3 Å². The molecule has 4 rings (SSSR count). The second kappa shape index (κ2) is 10.0. The molecule has 0 aliphatic rings. The quantitative estimate of drug-likeness (QED) is 0.359. The van der Waals surface area contributed by atoms with Crippen LogP contribution in [0.3, 0.4) is 0 Å². The Bertz CT molecular complexity index is 1220. The lowest BCUT2D eigenvalue weighted by atomic mass is 10.1. The number of imidazole rings is 1. The molecule has 0 aliphatic heterocycles. The monoisotopic (exact) mass is 444 g/mol. The summed E-state index contributed by atoms with van der Waals surface area (Å²) in [4.78, 5) is 21.8. The normalized spacial score (nSPS) is 12.1. The lowest BCUT2D eigenvalue weighted by Gasteiger charge is -2.12. The smallest absolute Gasteiger partial charge is 0.251 e. The second-order valence-corrected chi connectivity index (χ2v) is 9.03. The largest absolute Gasteiger partial charge is 0.350 e. The fourth-order valence-corrected chi connectivity index (χ4v) is 4.44. The Labute approximate surface area is 193 Å². The summed E-state index contributed by atoms with van der Waals surface area (Å²) in [6.07, 6.45) is 2.71. The molecule has 0 saturated heterocycles. The van der Waals surface area contributed by atoms with Gasteiger partial charge in [-0.1, -0.05) is 60.6 Å². The molecule has 0 spiro atoms. The third-order valence-electron chi connectivity index (χ3n) is 5.47. The maximum atomic E-state index is 12.4. The van der Waals surface area contributed by atoms with Crippen LogP contribution in [0.15, 0.2) is 72.0 Å². The fraction of sp³-hybridized carbons (Fsp3) is 0.269. The lowest BCUT2D eigenvalue weighted by Crippen LogP contribution is -2.31. The number of thioether (sulfide) groups is 1. The van der Waals surface area contributed by atoms with Crippen LogP contribution < -0.4 is 5.32 Å². The Morgan fingerprint density at radius 1 is 1.09 bits per heavy atom. The first kappa shape index (κ1) is 22.1. The van der Waals surface area contributed by atoms with Crippen LogP contribution in [0, 0.1) is 6.92 Å². The average Bonchev–Trinajstić information content (AvgIpc) is 3.15. The van der Waals surface area contributed by atoms with E-state index in [1.165, 1.54) is 11.1 Å². The van der Waals surface area contributed by atoms with Crippen molar-refractivity contribution < 1.29 is 4.79 Å². The number of aromatic nitrogens is 3. The number of aryl methyl sites for hydroxylation is 1. The van der Waals surface area contributed by atoms with Crippen LogP contribution in [-0.2, 0) is 12.3 Å². The highest BCUT2D eigenvalue weighted by molar-refractivity contribution is 7.98. The molecule has 0 saturated carbocycles. The third-order valence-corrected chi connectivity index (χ3v) is 6.51.